The van der Waals surface area contributed by atoms with Gasteiger partial charge in [-0.1, -0.05) is 13.0 Å². The largest absolute Gasteiger partial charge is 0.508 e. The second kappa shape index (κ2) is 8.67. The molecular formula is C27H26N4O3. The first kappa shape index (κ1) is 21.7. The van der Waals surface area contributed by atoms with Crippen molar-refractivity contribution in [3.8, 4) is 11.6 Å². The van der Waals surface area contributed by atoms with E-state index in [4.69, 9.17) is 4.74 Å². The van der Waals surface area contributed by atoms with Gasteiger partial charge in [-0.3, -0.25) is 9.48 Å². The molecule has 0 atom stereocenters. The van der Waals surface area contributed by atoms with Gasteiger partial charge in [0, 0.05) is 46.1 Å². The average Bonchev–Trinajstić information content (AvgIpc) is 3.17. The quantitative estimate of drug-likeness (QED) is 0.400. The van der Waals surface area contributed by atoms with Crippen LogP contribution < -0.4 is 10.1 Å². The van der Waals surface area contributed by atoms with Crippen LogP contribution in [0.2, 0.25) is 0 Å². The number of benzene rings is 2. The van der Waals surface area contributed by atoms with E-state index < -0.39 is 0 Å². The number of aromatic hydroxyl groups is 1. The summed E-state index contributed by atoms with van der Waals surface area (Å²) in [5, 5.41) is 18.3. The van der Waals surface area contributed by atoms with E-state index in [0.717, 1.165) is 33.2 Å². The van der Waals surface area contributed by atoms with Crippen LogP contribution in [0.15, 0.2) is 66.5 Å². The van der Waals surface area contributed by atoms with Gasteiger partial charge >= 0.3 is 0 Å². The first-order chi connectivity index (χ1) is 16.5. The molecule has 2 N–H and O–H groups in total. The van der Waals surface area contributed by atoms with E-state index in [9.17, 15) is 9.90 Å². The second-order valence-corrected chi connectivity index (χ2v) is 8.61. The van der Waals surface area contributed by atoms with Crippen LogP contribution in [-0.2, 0) is 11.4 Å². The number of amides is 1. The summed E-state index contributed by atoms with van der Waals surface area (Å²) in [5.41, 5.74) is 5.65. The van der Waals surface area contributed by atoms with Crippen LogP contribution >= 0.6 is 0 Å². The molecule has 7 nitrogen and oxygen atoms in total. The summed E-state index contributed by atoms with van der Waals surface area (Å²) in [4.78, 5) is 18.0. The Morgan fingerprint density at radius 3 is 2.79 bits per heavy atom. The van der Waals surface area contributed by atoms with E-state index in [2.05, 4.69) is 41.4 Å². The Bertz CT molecular complexity index is 1440. The third kappa shape index (κ3) is 3.79. The van der Waals surface area contributed by atoms with E-state index in [1.54, 1.807) is 24.4 Å². The molecule has 34 heavy (non-hydrogen) atoms. The lowest BCUT2D eigenvalue weighted by molar-refractivity contribution is -0.112. The molecule has 0 saturated carbocycles. The fraction of sp³-hybridized carbons (Fsp3) is 0.222. The van der Waals surface area contributed by atoms with Gasteiger partial charge in [0.15, 0.2) is 0 Å². The van der Waals surface area contributed by atoms with Crippen molar-refractivity contribution < 1.29 is 14.6 Å². The average molecular weight is 455 g/mol. The first-order valence-corrected chi connectivity index (χ1v) is 11.4. The highest BCUT2D eigenvalue weighted by atomic mass is 16.5. The minimum atomic E-state index is -0.233. The first-order valence-electron chi connectivity index (χ1n) is 11.4. The maximum Gasteiger partial charge on any atom is 0.252 e. The number of hydrogen-bond donors (Lipinski definition) is 2. The number of anilines is 1. The minimum absolute atomic E-state index is 0.0933. The molecule has 0 spiro atoms. The lowest BCUT2D eigenvalue weighted by Gasteiger charge is -2.17. The Morgan fingerprint density at radius 2 is 2.03 bits per heavy atom. The summed E-state index contributed by atoms with van der Waals surface area (Å²) in [7, 11) is 0. The summed E-state index contributed by atoms with van der Waals surface area (Å²) in [6.07, 6.45) is 4.05. The van der Waals surface area contributed by atoms with Crippen LogP contribution in [0.4, 0.5) is 5.69 Å². The number of phenolic OH excluding ortho intramolecular Hbond substituents is 1. The van der Waals surface area contributed by atoms with Crippen LogP contribution in [0.3, 0.4) is 0 Å². The number of phenols is 1. The van der Waals surface area contributed by atoms with Crippen molar-refractivity contribution in [3.05, 3.63) is 83.2 Å². The fourth-order valence-electron chi connectivity index (χ4n) is 4.45. The van der Waals surface area contributed by atoms with Crippen LogP contribution in [0, 0.1) is 0 Å². The molecule has 5 rings (SSSR count). The topological polar surface area (TPSA) is 89.3 Å². The van der Waals surface area contributed by atoms with Gasteiger partial charge in [-0.25, -0.2) is 4.98 Å². The standard InChI is InChI=1S/C27H26N4O3/c1-4-21(26(33)30-19-7-5-8-20(32)13-19)25-22-9-6-10-28-27(22)34-15-18-12-24-17(11-23(18)25)14-29-31(24)16(2)3/h5-14,16,32H,4,15H2,1-3H3,(H,30,33). The summed E-state index contributed by atoms with van der Waals surface area (Å²) in [6, 6.07) is 14.7. The van der Waals surface area contributed by atoms with Crippen LogP contribution in [-0.4, -0.2) is 25.8 Å². The molecule has 0 fully saturated rings. The van der Waals surface area contributed by atoms with Crippen molar-refractivity contribution in [3.63, 3.8) is 0 Å². The number of carbonyl (C=O) groups excluding carboxylic acids is 1. The number of fused-ring (bicyclic) bond motifs is 3. The van der Waals surface area contributed by atoms with E-state index >= 15 is 0 Å². The second-order valence-electron chi connectivity index (χ2n) is 8.61. The molecule has 2 aromatic carbocycles. The number of pyridine rings is 1. The zero-order chi connectivity index (χ0) is 23.8. The van der Waals surface area contributed by atoms with Gasteiger partial charge in [0.2, 0.25) is 5.88 Å². The Hall–Kier alpha value is -4.13. The minimum Gasteiger partial charge on any atom is -0.508 e. The molecular weight excluding hydrogens is 428 g/mol. The highest BCUT2D eigenvalue weighted by Crippen LogP contribution is 2.40. The molecule has 172 valence electrons. The molecule has 1 amide bonds. The SMILES string of the molecule is CCC(C(=O)Nc1cccc(O)c1)=C1c2cc3cnn(C(C)C)c3cc2COc2ncccc21. The smallest absolute Gasteiger partial charge is 0.252 e. The molecule has 1 aliphatic heterocycles. The number of rotatable bonds is 4. The number of hydrogen-bond acceptors (Lipinski definition) is 5. The van der Waals surface area contributed by atoms with Crippen molar-refractivity contribution in [1.82, 2.24) is 14.8 Å². The number of nitrogens with zero attached hydrogens (tertiary/aromatic N) is 3. The van der Waals surface area contributed by atoms with E-state index in [1.165, 1.54) is 6.07 Å². The maximum atomic E-state index is 13.5. The van der Waals surface area contributed by atoms with Crippen LogP contribution in [0.1, 0.15) is 49.9 Å². The van der Waals surface area contributed by atoms with Crippen molar-refractivity contribution >= 4 is 28.1 Å². The monoisotopic (exact) mass is 454 g/mol. The van der Waals surface area contributed by atoms with Gasteiger partial charge in [-0.05, 0) is 67.8 Å². The summed E-state index contributed by atoms with van der Waals surface area (Å²) >= 11 is 0. The third-order valence-electron chi connectivity index (χ3n) is 6.02. The Kier molecular flexibility index (Phi) is 5.53. The van der Waals surface area contributed by atoms with Gasteiger partial charge < -0.3 is 15.2 Å². The predicted octanol–water partition coefficient (Wildman–Crippen LogP) is 5.46. The fourth-order valence-corrected chi connectivity index (χ4v) is 4.45. The van der Waals surface area contributed by atoms with Crippen molar-refractivity contribution in [2.24, 2.45) is 0 Å². The molecule has 0 unspecified atom stereocenters. The predicted molar refractivity (Wildman–Crippen MR) is 132 cm³/mol. The number of carbonyl (C=O) groups is 1. The lowest BCUT2D eigenvalue weighted by atomic mass is 9.89. The van der Waals surface area contributed by atoms with Gasteiger partial charge in [-0.15, -0.1) is 0 Å². The van der Waals surface area contributed by atoms with E-state index in [-0.39, 0.29) is 17.7 Å². The van der Waals surface area contributed by atoms with Crippen LogP contribution in [0.5, 0.6) is 11.6 Å². The molecule has 4 aromatic rings. The molecule has 2 aromatic heterocycles. The van der Waals surface area contributed by atoms with E-state index in [0.29, 0.717) is 30.2 Å². The molecule has 0 saturated heterocycles. The molecule has 7 heteroatoms. The molecule has 1 aliphatic rings. The normalized spacial score (nSPS) is 14.2. The Labute approximate surface area is 197 Å². The van der Waals surface area contributed by atoms with Crippen molar-refractivity contribution in [2.75, 3.05) is 5.32 Å². The Balaban J connectivity index is 1.73. The number of aromatic nitrogens is 3. The maximum absolute atomic E-state index is 13.5. The molecule has 0 bridgehead atoms. The van der Waals surface area contributed by atoms with Gasteiger partial charge in [0.25, 0.3) is 5.91 Å². The Morgan fingerprint density at radius 1 is 1.18 bits per heavy atom. The lowest BCUT2D eigenvalue weighted by Crippen LogP contribution is -2.16. The van der Waals surface area contributed by atoms with E-state index in [1.807, 2.05) is 29.9 Å². The summed E-state index contributed by atoms with van der Waals surface area (Å²) in [5.74, 6) is 0.360. The number of nitrogens with one attached hydrogen (secondary N) is 1. The van der Waals surface area contributed by atoms with Gasteiger partial charge in [0.1, 0.15) is 12.4 Å². The number of ether oxygens (including phenoxy) is 1. The summed E-state index contributed by atoms with van der Waals surface area (Å²) < 4.78 is 8.09. The van der Waals surface area contributed by atoms with Gasteiger partial charge in [0.05, 0.1) is 11.7 Å². The van der Waals surface area contributed by atoms with Crippen LogP contribution in [0.25, 0.3) is 16.5 Å². The highest BCUT2D eigenvalue weighted by molar-refractivity contribution is 6.12. The third-order valence-corrected chi connectivity index (χ3v) is 6.02. The zero-order valence-electron chi connectivity index (χ0n) is 19.4. The summed E-state index contributed by atoms with van der Waals surface area (Å²) in [6.45, 7) is 6.50. The van der Waals surface area contributed by atoms with Crippen molar-refractivity contribution in [1.29, 1.82) is 0 Å². The zero-order valence-corrected chi connectivity index (χ0v) is 19.4. The van der Waals surface area contributed by atoms with Crippen molar-refractivity contribution in [2.45, 2.75) is 39.8 Å². The molecule has 0 radical (unpaired) electrons. The highest BCUT2D eigenvalue weighted by Gasteiger charge is 2.26. The molecule has 0 aliphatic carbocycles. The molecule has 3 heterocycles. The van der Waals surface area contributed by atoms with Gasteiger partial charge in [-0.2, -0.15) is 5.10 Å².